The number of amides is 2. The van der Waals surface area contributed by atoms with Gasteiger partial charge in [-0.25, -0.2) is 0 Å². The Bertz CT molecular complexity index is 906. The summed E-state index contributed by atoms with van der Waals surface area (Å²) in [5.74, 6) is -0.00111. The zero-order valence-corrected chi connectivity index (χ0v) is 17.6. The maximum absolute atomic E-state index is 12.9. The fourth-order valence-corrected chi connectivity index (χ4v) is 5.49. The molecule has 2 aromatic rings. The highest BCUT2D eigenvalue weighted by molar-refractivity contribution is 5.86. The van der Waals surface area contributed by atoms with Gasteiger partial charge >= 0.3 is 0 Å². The number of hydrogen-bond donors (Lipinski definition) is 1. The first-order valence-corrected chi connectivity index (χ1v) is 11.2. The summed E-state index contributed by atoms with van der Waals surface area (Å²) in [5.41, 5.74) is 9.47. The van der Waals surface area contributed by atoms with Crippen molar-refractivity contribution in [2.24, 2.45) is 11.1 Å². The first-order chi connectivity index (χ1) is 14.1. The van der Waals surface area contributed by atoms with E-state index in [1.807, 2.05) is 4.90 Å². The highest BCUT2D eigenvalue weighted by Gasteiger charge is 2.39. The number of carbonyl (C=O) groups excluding carboxylic acids is 2. The van der Waals surface area contributed by atoms with Gasteiger partial charge in [-0.1, -0.05) is 31.5 Å². The average Bonchev–Trinajstić information content (AvgIpc) is 3.06. The molecule has 4 rings (SSSR count). The van der Waals surface area contributed by atoms with Gasteiger partial charge in [0.2, 0.25) is 11.8 Å². The Morgan fingerprint density at radius 1 is 1.10 bits per heavy atom. The lowest BCUT2D eigenvalue weighted by Gasteiger charge is -2.39. The predicted molar refractivity (Wildman–Crippen MR) is 116 cm³/mol. The Hall–Kier alpha value is -2.30. The molecule has 5 nitrogen and oxygen atoms in total. The summed E-state index contributed by atoms with van der Waals surface area (Å²) in [6.45, 7) is 4.12. The minimum Gasteiger partial charge on any atom is -0.369 e. The number of fused-ring (bicyclic) bond motifs is 3. The van der Waals surface area contributed by atoms with E-state index in [0.717, 1.165) is 32.2 Å². The second kappa shape index (κ2) is 8.21. The molecule has 1 aromatic heterocycles. The Labute approximate surface area is 173 Å². The first-order valence-electron chi connectivity index (χ1n) is 11.2. The van der Waals surface area contributed by atoms with E-state index in [-0.39, 0.29) is 11.8 Å². The van der Waals surface area contributed by atoms with E-state index in [1.165, 1.54) is 35.0 Å². The summed E-state index contributed by atoms with van der Waals surface area (Å²) in [6.07, 6.45) is 8.43. The van der Waals surface area contributed by atoms with Crippen LogP contribution in [-0.2, 0) is 29.0 Å². The molecule has 156 valence electrons. The number of aryl methyl sites for hydroxylation is 2. The molecule has 1 fully saturated rings. The standard InChI is InChI=1S/C24H33N3O2/c1-2-12-24(23(25)29)13-16-26(17-14-24)22(28)11-15-27-20-9-5-3-7-18(20)19-8-4-6-10-21(19)27/h3,5,7,9H,2,4,6,8,10-17H2,1H3,(H2,25,29). The highest BCUT2D eigenvalue weighted by Crippen LogP contribution is 2.36. The van der Waals surface area contributed by atoms with Gasteiger partial charge in [0, 0.05) is 42.7 Å². The molecule has 0 unspecified atom stereocenters. The van der Waals surface area contributed by atoms with Crippen LogP contribution in [0.3, 0.4) is 0 Å². The normalized spacial score (nSPS) is 18.6. The van der Waals surface area contributed by atoms with E-state index in [1.54, 1.807) is 0 Å². The molecule has 1 aliphatic carbocycles. The van der Waals surface area contributed by atoms with Crippen LogP contribution in [0.25, 0.3) is 10.9 Å². The van der Waals surface area contributed by atoms with Crippen molar-refractivity contribution >= 4 is 22.7 Å². The molecular weight excluding hydrogens is 362 g/mol. The topological polar surface area (TPSA) is 68.3 Å². The Morgan fingerprint density at radius 2 is 1.83 bits per heavy atom. The molecule has 1 aliphatic heterocycles. The van der Waals surface area contributed by atoms with Gasteiger partial charge in [-0.3, -0.25) is 9.59 Å². The third kappa shape index (κ3) is 3.67. The number of carbonyl (C=O) groups is 2. The molecular formula is C24H33N3O2. The first kappa shape index (κ1) is 20.0. The molecule has 29 heavy (non-hydrogen) atoms. The zero-order chi connectivity index (χ0) is 20.4. The van der Waals surface area contributed by atoms with E-state index in [9.17, 15) is 9.59 Å². The van der Waals surface area contributed by atoms with E-state index < -0.39 is 5.41 Å². The van der Waals surface area contributed by atoms with Gasteiger partial charge in [0.15, 0.2) is 0 Å². The number of nitrogens with zero attached hydrogens (tertiary/aromatic N) is 2. The molecule has 0 radical (unpaired) electrons. The maximum Gasteiger partial charge on any atom is 0.224 e. The lowest BCUT2D eigenvalue weighted by atomic mass is 9.74. The fraction of sp³-hybridized carbons (Fsp3) is 0.583. The van der Waals surface area contributed by atoms with Crippen molar-refractivity contribution < 1.29 is 9.59 Å². The quantitative estimate of drug-likeness (QED) is 0.808. The van der Waals surface area contributed by atoms with Crippen molar-refractivity contribution in [2.75, 3.05) is 13.1 Å². The number of primary amides is 1. The maximum atomic E-state index is 12.9. The molecule has 0 spiro atoms. The monoisotopic (exact) mass is 395 g/mol. The number of benzene rings is 1. The van der Waals surface area contributed by atoms with Gasteiger partial charge in [0.05, 0.1) is 5.41 Å². The Kier molecular flexibility index (Phi) is 5.66. The molecule has 5 heteroatoms. The zero-order valence-electron chi connectivity index (χ0n) is 17.6. The average molecular weight is 396 g/mol. The third-order valence-corrected chi connectivity index (χ3v) is 7.16. The summed E-state index contributed by atoms with van der Waals surface area (Å²) in [7, 11) is 0. The van der Waals surface area contributed by atoms with Crippen LogP contribution >= 0.6 is 0 Å². The van der Waals surface area contributed by atoms with E-state index in [0.29, 0.717) is 32.4 Å². The summed E-state index contributed by atoms with van der Waals surface area (Å²) >= 11 is 0. The molecule has 0 saturated carbocycles. The molecule has 0 atom stereocenters. The number of para-hydroxylation sites is 1. The molecule has 0 bridgehead atoms. The smallest absolute Gasteiger partial charge is 0.224 e. The van der Waals surface area contributed by atoms with E-state index in [4.69, 9.17) is 5.73 Å². The molecule has 2 amide bonds. The molecule has 2 aliphatic rings. The van der Waals surface area contributed by atoms with Gasteiger partial charge in [0.25, 0.3) is 0 Å². The van der Waals surface area contributed by atoms with Crippen molar-refractivity contribution in [3.8, 4) is 0 Å². The van der Waals surface area contributed by atoms with E-state index in [2.05, 4.69) is 35.8 Å². The van der Waals surface area contributed by atoms with Crippen molar-refractivity contribution in [2.45, 2.75) is 71.3 Å². The lowest BCUT2D eigenvalue weighted by molar-refractivity contribution is -0.139. The summed E-state index contributed by atoms with van der Waals surface area (Å²) in [6, 6.07) is 8.61. The Balaban J connectivity index is 1.44. The van der Waals surface area contributed by atoms with Gasteiger partial charge < -0.3 is 15.2 Å². The van der Waals surface area contributed by atoms with Crippen molar-refractivity contribution in [3.63, 3.8) is 0 Å². The van der Waals surface area contributed by atoms with Gasteiger partial charge in [-0.05, 0) is 56.6 Å². The second-order valence-electron chi connectivity index (χ2n) is 8.83. The van der Waals surface area contributed by atoms with Gasteiger partial charge in [-0.15, -0.1) is 0 Å². The summed E-state index contributed by atoms with van der Waals surface area (Å²) in [4.78, 5) is 26.9. The van der Waals surface area contributed by atoms with Crippen molar-refractivity contribution in [1.29, 1.82) is 0 Å². The number of aromatic nitrogens is 1. The van der Waals surface area contributed by atoms with Crippen molar-refractivity contribution in [3.05, 3.63) is 35.5 Å². The van der Waals surface area contributed by atoms with Crippen LogP contribution in [-0.4, -0.2) is 34.4 Å². The van der Waals surface area contributed by atoms with Crippen LogP contribution < -0.4 is 5.73 Å². The minimum absolute atomic E-state index is 0.196. The van der Waals surface area contributed by atoms with Gasteiger partial charge in [0.1, 0.15) is 0 Å². The van der Waals surface area contributed by atoms with Crippen LogP contribution in [0.15, 0.2) is 24.3 Å². The van der Waals surface area contributed by atoms with Crippen LogP contribution in [0.2, 0.25) is 0 Å². The molecule has 1 saturated heterocycles. The van der Waals surface area contributed by atoms with E-state index >= 15 is 0 Å². The Morgan fingerprint density at radius 3 is 2.55 bits per heavy atom. The number of likely N-dealkylation sites (tertiary alicyclic amines) is 1. The van der Waals surface area contributed by atoms with Crippen LogP contribution in [0, 0.1) is 5.41 Å². The predicted octanol–water partition coefficient (Wildman–Crippen LogP) is 3.80. The largest absolute Gasteiger partial charge is 0.369 e. The number of rotatable bonds is 6. The summed E-state index contributed by atoms with van der Waals surface area (Å²) < 4.78 is 2.39. The SMILES string of the molecule is CCCC1(C(N)=O)CCN(C(=O)CCn2c3c(c4ccccc42)CCCC3)CC1. The number of piperidine rings is 1. The third-order valence-electron chi connectivity index (χ3n) is 7.16. The second-order valence-corrected chi connectivity index (χ2v) is 8.83. The lowest BCUT2D eigenvalue weighted by Crippen LogP contribution is -2.48. The molecule has 1 aromatic carbocycles. The number of nitrogens with two attached hydrogens (primary N) is 1. The minimum atomic E-state index is -0.415. The summed E-state index contributed by atoms with van der Waals surface area (Å²) in [5, 5.41) is 1.36. The molecule has 2 N–H and O–H groups in total. The van der Waals surface area contributed by atoms with Crippen LogP contribution in [0.5, 0.6) is 0 Å². The fourth-order valence-electron chi connectivity index (χ4n) is 5.49. The van der Waals surface area contributed by atoms with Crippen LogP contribution in [0.1, 0.15) is 63.1 Å². The van der Waals surface area contributed by atoms with Crippen molar-refractivity contribution in [1.82, 2.24) is 9.47 Å². The molecule has 2 heterocycles. The highest BCUT2D eigenvalue weighted by atomic mass is 16.2. The van der Waals surface area contributed by atoms with Crippen LogP contribution in [0.4, 0.5) is 0 Å². The van der Waals surface area contributed by atoms with Gasteiger partial charge in [-0.2, -0.15) is 0 Å². The number of hydrogen-bond acceptors (Lipinski definition) is 2.